The zero-order chi connectivity index (χ0) is 13.7. The number of aromatic nitrogens is 1. The Labute approximate surface area is 109 Å². The molecule has 0 aliphatic carbocycles. The molecule has 98 valence electrons. The molecule has 0 radical (unpaired) electrons. The van der Waals surface area contributed by atoms with Crippen LogP contribution in [0.2, 0.25) is 0 Å². The number of rotatable bonds is 5. The minimum absolute atomic E-state index is 0.0707. The van der Waals surface area contributed by atoms with E-state index >= 15 is 0 Å². The first-order chi connectivity index (χ1) is 8.45. The molecule has 0 spiro atoms. The summed E-state index contributed by atoms with van der Waals surface area (Å²) in [5, 5.41) is 0.515. The molecule has 0 aromatic carbocycles. The van der Waals surface area contributed by atoms with Crippen LogP contribution in [0.15, 0.2) is 18.3 Å². The third kappa shape index (κ3) is 3.66. The molecule has 1 atom stereocenters. The van der Waals surface area contributed by atoms with E-state index in [-0.39, 0.29) is 12.2 Å². The third-order valence-corrected chi connectivity index (χ3v) is 2.96. The molecule has 0 aliphatic heterocycles. The van der Waals surface area contributed by atoms with Crippen LogP contribution < -0.4 is 0 Å². The van der Waals surface area contributed by atoms with Gasteiger partial charge in [-0.05, 0) is 13.8 Å². The first-order valence-electron chi connectivity index (χ1n) is 5.41. The Morgan fingerprint density at radius 2 is 2.22 bits per heavy atom. The Morgan fingerprint density at radius 3 is 2.67 bits per heavy atom. The van der Waals surface area contributed by atoms with Crippen LogP contribution in [0.3, 0.4) is 0 Å². The van der Waals surface area contributed by atoms with Crippen LogP contribution in [0.1, 0.15) is 29.8 Å². The Hall–Kier alpha value is -1.69. The predicted molar refractivity (Wildman–Crippen MR) is 67.1 cm³/mol. The normalized spacial score (nSPS) is 11.7. The van der Waals surface area contributed by atoms with Crippen molar-refractivity contribution >= 4 is 23.3 Å². The van der Waals surface area contributed by atoms with Gasteiger partial charge in [0, 0.05) is 18.0 Å². The lowest BCUT2D eigenvalue weighted by Gasteiger charge is -2.15. The lowest BCUT2D eigenvalue weighted by atomic mass is 10.2. The SMILES string of the molecule is C=C(C(=O)OCC)C(OC(C)=O)c1ncc(C)s1. The summed E-state index contributed by atoms with van der Waals surface area (Å²) in [6, 6.07) is 0. The molecule has 6 heteroatoms. The van der Waals surface area contributed by atoms with Crippen LogP contribution in [0.4, 0.5) is 0 Å². The molecule has 0 fully saturated rings. The first-order valence-corrected chi connectivity index (χ1v) is 6.22. The molecule has 1 rings (SSSR count). The average Bonchev–Trinajstić information content (AvgIpc) is 2.71. The summed E-state index contributed by atoms with van der Waals surface area (Å²) in [6.07, 6.45) is 0.773. The van der Waals surface area contributed by atoms with E-state index in [4.69, 9.17) is 9.47 Å². The second-order valence-corrected chi connectivity index (χ2v) is 4.81. The summed E-state index contributed by atoms with van der Waals surface area (Å²) >= 11 is 1.34. The smallest absolute Gasteiger partial charge is 0.337 e. The van der Waals surface area contributed by atoms with Crippen molar-refractivity contribution in [2.24, 2.45) is 0 Å². The van der Waals surface area contributed by atoms with Crippen molar-refractivity contribution in [2.75, 3.05) is 6.61 Å². The van der Waals surface area contributed by atoms with E-state index < -0.39 is 18.0 Å². The van der Waals surface area contributed by atoms with Gasteiger partial charge in [0.15, 0.2) is 6.10 Å². The predicted octanol–water partition coefficient (Wildman–Crippen LogP) is 2.18. The molecule has 0 N–H and O–H groups in total. The highest BCUT2D eigenvalue weighted by Gasteiger charge is 2.27. The molecule has 1 unspecified atom stereocenters. The van der Waals surface area contributed by atoms with Crippen molar-refractivity contribution in [1.29, 1.82) is 0 Å². The second-order valence-electron chi connectivity index (χ2n) is 3.54. The lowest BCUT2D eigenvalue weighted by Crippen LogP contribution is -2.18. The number of carbonyl (C=O) groups is 2. The van der Waals surface area contributed by atoms with Crippen molar-refractivity contribution in [2.45, 2.75) is 26.9 Å². The van der Waals surface area contributed by atoms with Crippen LogP contribution in [-0.2, 0) is 19.1 Å². The number of esters is 2. The van der Waals surface area contributed by atoms with Gasteiger partial charge in [0.05, 0.1) is 12.2 Å². The fraction of sp³-hybridized carbons (Fsp3) is 0.417. The van der Waals surface area contributed by atoms with Gasteiger partial charge in [-0.3, -0.25) is 4.79 Å². The van der Waals surface area contributed by atoms with Crippen LogP contribution in [0.5, 0.6) is 0 Å². The number of hydrogen-bond acceptors (Lipinski definition) is 6. The Kier molecular flexibility index (Phi) is 5.03. The molecule has 0 saturated carbocycles. The van der Waals surface area contributed by atoms with Gasteiger partial charge in [-0.25, -0.2) is 9.78 Å². The van der Waals surface area contributed by atoms with Gasteiger partial charge in [0.25, 0.3) is 0 Å². The molecule has 5 nitrogen and oxygen atoms in total. The summed E-state index contributed by atoms with van der Waals surface area (Å²) in [6.45, 7) is 8.70. The minimum atomic E-state index is -0.875. The van der Waals surface area contributed by atoms with Crippen LogP contribution in [0.25, 0.3) is 0 Å². The molecule has 0 aliphatic rings. The van der Waals surface area contributed by atoms with E-state index in [1.807, 2.05) is 6.92 Å². The fourth-order valence-electron chi connectivity index (χ4n) is 1.26. The van der Waals surface area contributed by atoms with E-state index in [1.165, 1.54) is 18.3 Å². The quantitative estimate of drug-likeness (QED) is 0.605. The summed E-state index contributed by atoms with van der Waals surface area (Å²) in [5.41, 5.74) is 0.0707. The highest BCUT2D eigenvalue weighted by Crippen LogP contribution is 2.29. The van der Waals surface area contributed by atoms with Crippen molar-refractivity contribution < 1.29 is 19.1 Å². The highest BCUT2D eigenvalue weighted by atomic mass is 32.1. The fourth-order valence-corrected chi connectivity index (χ4v) is 2.10. The van der Waals surface area contributed by atoms with Gasteiger partial charge < -0.3 is 9.47 Å². The highest BCUT2D eigenvalue weighted by molar-refractivity contribution is 7.11. The molecular formula is C12H15NO4S. The minimum Gasteiger partial charge on any atom is -0.463 e. The van der Waals surface area contributed by atoms with Gasteiger partial charge in [0.2, 0.25) is 0 Å². The van der Waals surface area contributed by atoms with Crippen LogP contribution >= 0.6 is 11.3 Å². The Bertz CT molecular complexity index is 466. The van der Waals surface area contributed by atoms with Gasteiger partial charge >= 0.3 is 11.9 Å². The molecule has 0 saturated heterocycles. The summed E-state index contributed by atoms with van der Waals surface area (Å²) < 4.78 is 9.93. The average molecular weight is 269 g/mol. The van der Waals surface area contributed by atoms with Crippen LogP contribution in [0, 0.1) is 6.92 Å². The van der Waals surface area contributed by atoms with E-state index in [9.17, 15) is 9.59 Å². The van der Waals surface area contributed by atoms with Crippen molar-refractivity contribution in [1.82, 2.24) is 4.98 Å². The number of thiazole rings is 1. The molecule has 1 aromatic heterocycles. The zero-order valence-electron chi connectivity index (χ0n) is 10.6. The van der Waals surface area contributed by atoms with Gasteiger partial charge in [-0.15, -0.1) is 11.3 Å². The van der Waals surface area contributed by atoms with Crippen LogP contribution in [-0.4, -0.2) is 23.5 Å². The van der Waals surface area contributed by atoms with Gasteiger partial charge in [0.1, 0.15) is 5.01 Å². The standard InChI is InChI=1S/C12H15NO4S/c1-5-16-12(15)8(3)10(17-9(4)14)11-13-6-7(2)18-11/h6,10H,3,5H2,1-2,4H3. The molecule has 1 aromatic rings. The van der Waals surface area contributed by atoms with Crippen molar-refractivity contribution in [3.63, 3.8) is 0 Å². The third-order valence-electron chi connectivity index (χ3n) is 2.00. The second kappa shape index (κ2) is 6.30. The van der Waals surface area contributed by atoms with Gasteiger partial charge in [-0.1, -0.05) is 6.58 Å². The number of carbonyl (C=O) groups excluding carboxylic acids is 2. The zero-order valence-corrected chi connectivity index (χ0v) is 11.4. The number of ether oxygens (including phenoxy) is 2. The van der Waals surface area contributed by atoms with Crippen molar-refractivity contribution in [3.8, 4) is 0 Å². The monoisotopic (exact) mass is 269 g/mol. The molecule has 1 heterocycles. The van der Waals surface area contributed by atoms with Gasteiger partial charge in [-0.2, -0.15) is 0 Å². The van der Waals surface area contributed by atoms with E-state index in [2.05, 4.69) is 11.6 Å². The molecule has 0 amide bonds. The van der Waals surface area contributed by atoms with E-state index in [0.29, 0.717) is 5.01 Å². The Morgan fingerprint density at radius 1 is 1.56 bits per heavy atom. The van der Waals surface area contributed by atoms with E-state index in [0.717, 1.165) is 4.88 Å². The lowest BCUT2D eigenvalue weighted by molar-refractivity contribution is -0.147. The largest absolute Gasteiger partial charge is 0.463 e. The summed E-state index contributed by atoms with van der Waals surface area (Å²) in [5.74, 6) is -1.09. The molecule has 18 heavy (non-hydrogen) atoms. The maximum Gasteiger partial charge on any atom is 0.337 e. The molecular weight excluding hydrogens is 254 g/mol. The maximum absolute atomic E-state index is 11.6. The number of hydrogen-bond donors (Lipinski definition) is 0. The topological polar surface area (TPSA) is 65.5 Å². The van der Waals surface area contributed by atoms with E-state index in [1.54, 1.807) is 13.1 Å². The number of aryl methyl sites for hydroxylation is 1. The maximum atomic E-state index is 11.6. The van der Waals surface area contributed by atoms with Crippen molar-refractivity contribution in [3.05, 3.63) is 28.2 Å². The first kappa shape index (κ1) is 14.4. The Balaban J connectivity index is 2.94. The summed E-state index contributed by atoms with van der Waals surface area (Å²) in [4.78, 5) is 27.8. The summed E-state index contributed by atoms with van der Waals surface area (Å²) in [7, 11) is 0. The number of nitrogens with zero attached hydrogens (tertiary/aromatic N) is 1. The molecule has 0 bridgehead atoms.